The number of rotatable bonds is 5. The van der Waals surface area contributed by atoms with Crippen molar-refractivity contribution in [2.75, 3.05) is 23.9 Å². The highest BCUT2D eigenvalue weighted by molar-refractivity contribution is 6.03. The molecule has 0 bridgehead atoms. The predicted molar refractivity (Wildman–Crippen MR) is 109 cm³/mol. The maximum atomic E-state index is 12.8. The fraction of sp³-hybridized carbons (Fsp3) is 0.318. The van der Waals surface area contributed by atoms with Gasteiger partial charge in [-0.3, -0.25) is 9.59 Å². The summed E-state index contributed by atoms with van der Waals surface area (Å²) in [7, 11) is 1.31. The maximum Gasteiger partial charge on any atom is 0.337 e. The van der Waals surface area contributed by atoms with E-state index in [1.807, 2.05) is 25.1 Å². The number of benzene rings is 2. The Hall–Kier alpha value is -3.35. The second kappa shape index (κ2) is 7.95. The average molecular weight is 396 g/mol. The fourth-order valence-corrected chi connectivity index (χ4v) is 3.14. The fourth-order valence-electron chi connectivity index (χ4n) is 3.14. The molecule has 0 fully saturated rings. The number of fused-ring (bicyclic) bond motifs is 1. The minimum Gasteiger partial charge on any atom is -0.476 e. The van der Waals surface area contributed by atoms with Crippen LogP contribution >= 0.6 is 0 Å². The Morgan fingerprint density at radius 1 is 1.14 bits per heavy atom. The van der Waals surface area contributed by atoms with E-state index in [0.29, 0.717) is 22.7 Å². The molecule has 1 heterocycles. The molecule has 2 aromatic rings. The van der Waals surface area contributed by atoms with Gasteiger partial charge >= 0.3 is 5.97 Å². The van der Waals surface area contributed by atoms with Crippen molar-refractivity contribution in [1.29, 1.82) is 0 Å². The highest BCUT2D eigenvalue weighted by Gasteiger charge is 2.40. The summed E-state index contributed by atoms with van der Waals surface area (Å²) in [6.07, 6.45) is 0.119. The van der Waals surface area contributed by atoms with Gasteiger partial charge in [-0.2, -0.15) is 0 Å². The highest BCUT2D eigenvalue weighted by atomic mass is 16.5. The van der Waals surface area contributed by atoms with Crippen molar-refractivity contribution in [2.45, 2.75) is 32.8 Å². The summed E-state index contributed by atoms with van der Waals surface area (Å²) >= 11 is 0. The summed E-state index contributed by atoms with van der Waals surface area (Å²) in [5.41, 5.74) is 1.64. The third-order valence-corrected chi connectivity index (χ3v) is 4.68. The molecule has 0 aromatic heterocycles. The number of methoxy groups -OCH3 is 1. The molecule has 0 unspecified atom stereocenters. The van der Waals surface area contributed by atoms with E-state index in [-0.39, 0.29) is 24.8 Å². The zero-order valence-electron chi connectivity index (χ0n) is 16.9. The van der Waals surface area contributed by atoms with Gasteiger partial charge in [-0.05, 0) is 62.7 Å². The summed E-state index contributed by atoms with van der Waals surface area (Å²) < 4.78 is 10.5. The van der Waals surface area contributed by atoms with Crippen molar-refractivity contribution in [1.82, 2.24) is 0 Å². The number of esters is 1. The second-order valence-corrected chi connectivity index (χ2v) is 7.41. The molecule has 1 aliphatic heterocycles. The standard InChI is InChI=1S/C22H24N2O5/c1-14-5-10-18-17(13-14)24(21(27)22(2,3)29-18)12-11-19(25)23-16-8-6-15(7-9-16)20(26)28-4/h5-10,13H,11-12H2,1-4H3,(H,23,25). The predicted octanol–water partition coefficient (Wildman–Crippen LogP) is 3.31. The minimum atomic E-state index is -0.998. The number of amides is 2. The van der Waals surface area contributed by atoms with Crippen molar-refractivity contribution in [3.8, 4) is 5.75 Å². The van der Waals surface area contributed by atoms with Gasteiger partial charge in [0.25, 0.3) is 5.91 Å². The van der Waals surface area contributed by atoms with E-state index in [0.717, 1.165) is 5.56 Å². The second-order valence-electron chi connectivity index (χ2n) is 7.41. The van der Waals surface area contributed by atoms with Crippen LogP contribution in [0.1, 0.15) is 36.2 Å². The van der Waals surface area contributed by atoms with Crippen molar-refractivity contribution < 1.29 is 23.9 Å². The number of carbonyl (C=O) groups excluding carboxylic acids is 3. The maximum absolute atomic E-state index is 12.8. The number of anilines is 2. The van der Waals surface area contributed by atoms with Crippen molar-refractivity contribution in [2.24, 2.45) is 0 Å². The summed E-state index contributed by atoms with van der Waals surface area (Å²) in [4.78, 5) is 38.3. The number of carbonyl (C=O) groups is 3. The number of nitrogens with zero attached hydrogens (tertiary/aromatic N) is 1. The average Bonchev–Trinajstić information content (AvgIpc) is 2.69. The van der Waals surface area contributed by atoms with Gasteiger partial charge in [0.15, 0.2) is 5.60 Å². The van der Waals surface area contributed by atoms with Crippen LogP contribution in [0, 0.1) is 6.92 Å². The molecule has 0 saturated carbocycles. The third-order valence-electron chi connectivity index (χ3n) is 4.68. The summed E-state index contributed by atoms with van der Waals surface area (Å²) in [5, 5.41) is 2.78. The van der Waals surface area contributed by atoms with Gasteiger partial charge in [0.2, 0.25) is 5.91 Å². The Bertz CT molecular complexity index is 950. The largest absolute Gasteiger partial charge is 0.476 e. The zero-order valence-corrected chi connectivity index (χ0v) is 16.9. The van der Waals surface area contributed by atoms with Crippen molar-refractivity contribution in [3.63, 3.8) is 0 Å². The Kier molecular flexibility index (Phi) is 5.59. The molecule has 2 aromatic carbocycles. The molecule has 2 amide bonds. The molecule has 1 N–H and O–H groups in total. The zero-order chi connectivity index (χ0) is 21.2. The molecule has 0 aliphatic carbocycles. The molecule has 152 valence electrons. The van der Waals surface area contributed by atoms with Crippen LogP contribution in [-0.2, 0) is 14.3 Å². The molecule has 1 aliphatic rings. The molecule has 3 rings (SSSR count). The van der Waals surface area contributed by atoms with Gasteiger partial charge < -0.3 is 19.7 Å². The van der Waals surface area contributed by atoms with Crippen LogP contribution in [0.5, 0.6) is 5.75 Å². The first-order valence-corrected chi connectivity index (χ1v) is 9.31. The smallest absolute Gasteiger partial charge is 0.337 e. The third kappa shape index (κ3) is 4.39. The quantitative estimate of drug-likeness (QED) is 0.784. The van der Waals surface area contributed by atoms with E-state index in [2.05, 4.69) is 10.1 Å². The van der Waals surface area contributed by atoms with Crippen molar-refractivity contribution in [3.05, 3.63) is 53.6 Å². The first-order valence-electron chi connectivity index (χ1n) is 9.31. The van der Waals surface area contributed by atoms with Gasteiger partial charge in [-0.15, -0.1) is 0 Å². The van der Waals surface area contributed by atoms with Crippen molar-refractivity contribution >= 4 is 29.2 Å². The van der Waals surface area contributed by atoms with Crippen LogP contribution in [0.4, 0.5) is 11.4 Å². The molecular weight excluding hydrogens is 372 g/mol. The van der Waals surface area contributed by atoms with Crippen LogP contribution in [0.15, 0.2) is 42.5 Å². The molecule has 7 heteroatoms. The van der Waals surface area contributed by atoms with E-state index >= 15 is 0 Å². The minimum absolute atomic E-state index is 0.119. The Balaban J connectivity index is 1.68. The van der Waals surface area contributed by atoms with Gasteiger partial charge in [0, 0.05) is 18.7 Å². The molecule has 0 atom stereocenters. The number of aryl methyl sites for hydroxylation is 1. The molecular formula is C22H24N2O5. The van der Waals surface area contributed by atoms with E-state index in [4.69, 9.17) is 4.74 Å². The van der Waals surface area contributed by atoms with E-state index in [9.17, 15) is 14.4 Å². The van der Waals surface area contributed by atoms with Crippen LogP contribution in [0.2, 0.25) is 0 Å². The molecule has 7 nitrogen and oxygen atoms in total. The lowest BCUT2D eigenvalue weighted by Crippen LogP contribution is -2.53. The number of ether oxygens (including phenoxy) is 2. The Morgan fingerprint density at radius 3 is 2.48 bits per heavy atom. The normalized spacial score (nSPS) is 14.6. The van der Waals surface area contributed by atoms with Gasteiger partial charge in [-0.1, -0.05) is 6.07 Å². The lowest BCUT2D eigenvalue weighted by atomic mass is 10.0. The van der Waals surface area contributed by atoms with Gasteiger partial charge in [0.1, 0.15) is 5.75 Å². The van der Waals surface area contributed by atoms with E-state index in [1.54, 1.807) is 43.0 Å². The number of hydrogen-bond acceptors (Lipinski definition) is 5. The van der Waals surface area contributed by atoms with Crippen LogP contribution in [0.25, 0.3) is 0 Å². The summed E-state index contributed by atoms with van der Waals surface area (Å²) in [6, 6.07) is 12.1. The summed E-state index contributed by atoms with van der Waals surface area (Å²) in [5.74, 6) is -0.239. The summed E-state index contributed by atoms with van der Waals surface area (Å²) in [6.45, 7) is 5.60. The Morgan fingerprint density at radius 2 is 1.83 bits per heavy atom. The van der Waals surface area contributed by atoms with Gasteiger partial charge in [0.05, 0.1) is 18.4 Å². The molecule has 0 radical (unpaired) electrons. The number of nitrogens with one attached hydrogen (secondary N) is 1. The van der Waals surface area contributed by atoms with E-state index in [1.165, 1.54) is 7.11 Å². The molecule has 29 heavy (non-hydrogen) atoms. The molecule has 0 spiro atoms. The Labute approximate surface area is 169 Å². The SMILES string of the molecule is COC(=O)c1ccc(NC(=O)CCN2C(=O)C(C)(C)Oc3ccc(C)cc32)cc1. The monoisotopic (exact) mass is 396 g/mol. The van der Waals surface area contributed by atoms with Gasteiger partial charge in [-0.25, -0.2) is 4.79 Å². The van der Waals surface area contributed by atoms with Crippen LogP contribution in [0.3, 0.4) is 0 Å². The topological polar surface area (TPSA) is 84.9 Å². The molecule has 0 saturated heterocycles. The lowest BCUT2D eigenvalue weighted by Gasteiger charge is -2.38. The van der Waals surface area contributed by atoms with Crippen LogP contribution in [-0.4, -0.2) is 37.0 Å². The van der Waals surface area contributed by atoms with Crippen LogP contribution < -0.4 is 15.0 Å². The lowest BCUT2D eigenvalue weighted by molar-refractivity contribution is -0.132. The highest BCUT2D eigenvalue weighted by Crippen LogP contribution is 2.38. The first-order chi connectivity index (χ1) is 13.7. The number of hydrogen-bond donors (Lipinski definition) is 1. The first kappa shape index (κ1) is 20.4. The van der Waals surface area contributed by atoms with E-state index < -0.39 is 11.6 Å².